The van der Waals surface area contributed by atoms with Gasteiger partial charge in [0.15, 0.2) is 0 Å². The number of carbonyl (C=O) groups excluding carboxylic acids is 1. The van der Waals surface area contributed by atoms with E-state index in [1.165, 1.54) is 0 Å². The zero-order valence-corrected chi connectivity index (χ0v) is 17.6. The molecule has 1 aliphatic rings. The number of pyridine rings is 1. The fourth-order valence-electron chi connectivity index (χ4n) is 4.20. The number of nitrogens with zero attached hydrogens (tertiary/aromatic N) is 2. The van der Waals surface area contributed by atoms with E-state index in [0.29, 0.717) is 6.42 Å². The van der Waals surface area contributed by atoms with E-state index in [2.05, 4.69) is 12.1 Å². The van der Waals surface area contributed by atoms with Crippen molar-refractivity contribution >= 4 is 27.8 Å². The molecule has 152 valence electrons. The van der Waals surface area contributed by atoms with Crippen LogP contribution in [0.1, 0.15) is 39.3 Å². The molecule has 1 unspecified atom stereocenters. The summed E-state index contributed by atoms with van der Waals surface area (Å²) in [6.07, 6.45) is 2.41. The number of para-hydroxylation sites is 1. The van der Waals surface area contributed by atoms with Crippen molar-refractivity contribution in [2.75, 3.05) is 13.7 Å². The minimum atomic E-state index is -0.495. The molecule has 0 aliphatic carbocycles. The Morgan fingerprint density at radius 3 is 2.66 bits per heavy atom. The van der Waals surface area contributed by atoms with Gasteiger partial charge in [0.25, 0.3) is 0 Å². The smallest absolute Gasteiger partial charge is 0.410 e. The van der Waals surface area contributed by atoms with Crippen LogP contribution in [-0.4, -0.2) is 41.3 Å². The highest BCUT2D eigenvalue weighted by atomic mass is 16.6. The van der Waals surface area contributed by atoms with E-state index in [0.717, 1.165) is 52.5 Å². The number of ether oxygens (including phenoxy) is 2. The van der Waals surface area contributed by atoms with Crippen LogP contribution < -0.4 is 4.74 Å². The van der Waals surface area contributed by atoms with Crippen molar-refractivity contribution in [1.82, 2.24) is 9.88 Å². The number of likely N-dealkylation sites (tertiary alicyclic amines) is 1. The van der Waals surface area contributed by atoms with Crippen molar-refractivity contribution in [2.45, 2.75) is 51.7 Å². The van der Waals surface area contributed by atoms with E-state index in [-0.39, 0.29) is 12.1 Å². The van der Waals surface area contributed by atoms with Crippen molar-refractivity contribution in [1.29, 1.82) is 0 Å². The third-order valence-electron chi connectivity index (χ3n) is 5.42. The maximum Gasteiger partial charge on any atom is 0.410 e. The second-order valence-electron chi connectivity index (χ2n) is 8.63. The summed E-state index contributed by atoms with van der Waals surface area (Å²) in [4.78, 5) is 19.5. The Hall–Kier alpha value is -2.82. The molecule has 3 aromatic rings. The average Bonchev–Trinajstić information content (AvgIpc) is 3.14. The van der Waals surface area contributed by atoms with Gasteiger partial charge in [0.05, 0.1) is 18.3 Å². The molecule has 0 bridgehead atoms. The highest BCUT2D eigenvalue weighted by Gasteiger charge is 2.33. The number of carbonyl (C=O) groups is 1. The Morgan fingerprint density at radius 2 is 1.90 bits per heavy atom. The molecule has 5 heteroatoms. The highest BCUT2D eigenvalue weighted by molar-refractivity contribution is 6.10. The van der Waals surface area contributed by atoms with Gasteiger partial charge in [-0.2, -0.15) is 0 Å². The second-order valence-corrected chi connectivity index (χ2v) is 8.63. The number of hydrogen-bond acceptors (Lipinski definition) is 4. The Morgan fingerprint density at radius 1 is 1.14 bits per heavy atom. The fraction of sp³-hybridized carbons (Fsp3) is 0.417. The molecule has 5 nitrogen and oxygen atoms in total. The molecule has 1 fully saturated rings. The molecule has 1 amide bonds. The number of fused-ring (bicyclic) bond motifs is 3. The molecular formula is C24H28N2O3. The molecule has 0 N–H and O–H groups in total. The first-order chi connectivity index (χ1) is 13.9. The van der Waals surface area contributed by atoms with Crippen LogP contribution in [0.2, 0.25) is 0 Å². The molecule has 2 heterocycles. The van der Waals surface area contributed by atoms with Crippen LogP contribution in [-0.2, 0) is 11.2 Å². The minimum Gasteiger partial charge on any atom is -0.496 e. The van der Waals surface area contributed by atoms with E-state index >= 15 is 0 Å². The topological polar surface area (TPSA) is 51.7 Å². The van der Waals surface area contributed by atoms with Gasteiger partial charge in [-0.25, -0.2) is 4.79 Å². The molecule has 0 radical (unpaired) electrons. The summed E-state index contributed by atoms with van der Waals surface area (Å²) in [5.41, 5.74) is 1.45. The summed E-state index contributed by atoms with van der Waals surface area (Å²) in [5.74, 6) is 0.845. The lowest BCUT2D eigenvalue weighted by Gasteiger charge is -2.28. The molecule has 1 atom stereocenters. The summed E-state index contributed by atoms with van der Waals surface area (Å²) in [6, 6.07) is 14.3. The lowest BCUT2D eigenvalue weighted by molar-refractivity contribution is 0.0226. The van der Waals surface area contributed by atoms with Crippen LogP contribution in [0.25, 0.3) is 21.7 Å². The van der Waals surface area contributed by atoms with Crippen molar-refractivity contribution in [3.8, 4) is 5.75 Å². The molecule has 1 saturated heterocycles. The molecular weight excluding hydrogens is 364 g/mol. The van der Waals surface area contributed by atoms with Gasteiger partial charge in [-0.15, -0.1) is 0 Å². The van der Waals surface area contributed by atoms with E-state index in [1.54, 1.807) is 7.11 Å². The van der Waals surface area contributed by atoms with E-state index in [9.17, 15) is 4.79 Å². The van der Waals surface area contributed by atoms with Crippen molar-refractivity contribution in [3.05, 3.63) is 48.2 Å². The van der Waals surface area contributed by atoms with Crippen molar-refractivity contribution in [3.63, 3.8) is 0 Å². The molecule has 1 aliphatic heterocycles. The van der Waals surface area contributed by atoms with Crippen LogP contribution in [0.5, 0.6) is 5.75 Å². The van der Waals surface area contributed by atoms with Gasteiger partial charge in [0.1, 0.15) is 11.4 Å². The molecule has 29 heavy (non-hydrogen) atoms. The summed E-state index contributed by atoms with van der Waals surface area (Å²) in [6.45, 7) is 6.44. The van der Waals surface area contributed by atoms with Crippen LogP contribution in [0.4, 0.5) is 4.79 Å². The predicted molar refractivity (Wildman–Crippen MR) is 115 cm³/mol. The number of hydrogen-bond donors (Lipinski definition) is 0. The van der Waals surface area contributed by atoms with Gasteiger partial charge >= 0.3 is 6.09 Å². The van der Waals surface area contributed by atoms with E-state index in [1.807, 2.05) is 56.0 Å². The van der Waals surface area contributed by atoms with Gasteiger partial charge in [0.2, 0.25) is 0 Å². The quantitative estimate of drug-likeness (QED) is 0.565. The zero-order valence-electron chi connectivity index (χ0n) is 17.6. The maximum absolute atomic E-state index is 12.7. The van der Waals surface area contributed by atoms with Crippen molar-refractivity contribution in [2.24, 2.45) is 0 Å². The number of benzene rings is 2. The lowest BCUT2D eigenvalue weighted by Crippen LogP contribution is -2.40. The molecule has 2 aromatic carbocycles. The van der Waals surface area contributed by atoms with Gasteiger partial charge in [-0.3, -0.25) is 4.98 Å². The molecule has 1 aromatic heterocycles. The molecule has 0 saturated carbocycles. The lowest BCUT2D eigenvalue weighted by atomic mass is 9.99. The first kappa shape index (κ1) is 19.5. The first-order valence-electron chi connectivity index (χ1n) is 10.2. The van der Waals surface area contributed by atoms with Crippen LogP contribution in [0.15, 0.2) is 42.5 Å². The molecule has 4 rings (SSSR count). The Kier molecular flexibility index (Phi) is 5.07. The largest absolute Gasteiger partial charge is 0.496 e. The predicted octanol–water partition coefficient (Wildman–Crippen LogP) is 5.34. The fourth-order valence-corrected chi connectivity index (χ4v) is 4.20. The normalized spacial score (nSPS) is 17.1. The number of aromatic nitrogens is 1. The minimum absolute atomic E-state index is 0.0907. The zero-order chi connectivity index (χ0) is 20.6. The van der Waals surface area contributed by atoms with Gasteiger partial charge in [-0.1, -0.05) is 30.3 Å². The third kappa shape index (κ3) is 3.86. The Balaban J connectivity index is 1.75. The van der Waals surface area contributed by atoms with Gasteiger partial charge in [0, 0.05) is 35.2 Å². The highest BCUT2D eigenvalue weighted by Crippen LogP contribution is 2.35. The van der Waals surface area contributed by atoms with Crippen molar-refractivity contribution < 1.29 is 14.3 Å². The summed E-state index contributed by atoms with van der Waals surface area (Å²) in [5, 5.41) is 3.25. The number of amides is 1. The number of methoxy groups -OCH3 is 1. The third-order valence-corrected chi connectivity index (χ3v) is 5.42. The van der Waals surface area contributed by atoms with Crippen LogP contribution >= 0.6 is 0 Å². The Bertz CT molecular complexity index is 1060. The average molecular weight is 392 g/mol. The first-order valence-corrected chi connectivity index (χ1v) is 10.2. The van der Waals surface area contributed by atoms with Gasteiger partial charge < -0.3 is 14.4 Å². The SMILES string of the molecule is COc1cccc2c(CC3CCCN3C(=O)OC(C)(C)C)nc3ccccc3c12. The summed E-state index contributed by atoms with van der Waals surface area (Å²) < 4.78 is 11.3. The summed E-state index contributed by atoms with van der Waals surface area (Å²) >= 11 is 0. The van der Waals surface area contributed by atoms with Crippen LogP contribution in [0.3, 0.4) is 0 Å². The van der Waals surface area contributed by atoms with E-state index in [4.69, 9.17) is 14.5 Å². The van der Waals surface area contributed by atoms with Gasteiger partial charge in [-0.05, 0) is 45.7 Å². The molecule has 0 spiro atoms. The van der Waals surface area contributed by atoms with E-state index < -0.39 is 5.60 Å². The number of rotatable bonds is 3. The standard InChI is InChI=1S/C24H28N2O3/c1-24(2,3)29-23(27)26-14-8-9-16(26)15-20-18-11-7-13-21(28-4)22(18)17-10-5-6-12-19(17)25-20/h5-7,10-13,16H,8-9,14-15H2,1-4H3. The maximum atomic E-state index is 12.7. The summed E-state index contributed by atoms with van der Waals surface area (Å²) in [7, 11) is 1.70. The second kappa shape index (κ2) is 7.54. The van der Waals surface area contributed by atoms with Crippen LogP contribution in [0, 0.1) is 0 Å². The monoisotopic (exact) mass is 392 g/mol. The Labute approximate surface area is 171 Å².